The summed E-state index contributed by atoms with van der Waals surface area (Å²) in [6.07, 6.45) is 1.65. The number of hydrogen-bond acceptors (Lipinski definition) is 5. The first-order valence-electron chi connectivity index (χ1n) is 8.05. The van der Waals surface area contributed by atoms with E-state index in [1.807, 2.05) is 30.3 Å². The average molecular weight is 338 g/mol. The van der Waals surface area contributed by atoms with E-state index in [2.05, 4.69) is 15.4 Å². The predicted octanol–water partition coefficient (Wildman–Crippen LogP) is 2.95. The molecule has 2 heterocycles. The van der Waals surface area contributed by atoms with Crippen LogP contribution in [0, 0.1) is 0 Å². The molecule has 0 aliphatic rings. The molecule has 2 aromatic heterocycles. The first kappa shape index (κ1) is 16.6. The number of nitrogens with one attached hydrogen (secondary N) is 1. The Hall–Kier alpha value is -3.22. The fraction of sp³-hybridized carbons (Fsp3) is 0.222. The number of rotatable bonds is 5. The lowest BCUT2D eigenvalue weighted by Crippen LogP contribution is -2.17. The zero-order valence-electron chi connectivity index (χ0n) is 14.0. The molecule has 1 N–H and O–H groups in total. The minimum atomic E-state index is -0.541. The number of anilines is 1. The molecule has 0 bridgehead atoms. The Kier molecular flexibility index (Phi) is 4.74. The molecule has 25 heavy (non-hydrogen) atoms. The second kappa shape index (κ2) is 7.12. The van der Waals surface area contributed by atoms with Crippen LogP contribution in [0.4, 0.5) is 5.82 Å². The molecule has 7 heteroatoms. The van der Waals surface area contributed by atoms with Gasteiger partial charge in [0.2, 0.25) is 5.91 Å². The van der Waals surface area contributed by atoms with Gasteiger partial charge in [-0.25, -0.2) is 9.78 Å². The molecule has 3 rings (SSSR count). The zero-order valence-corrected chi connectivity index (χ0v) is 14.0. The third kappa shape index (κ3) is 3.35. The summed E-state index contributed by atoms with van der Waals surface area (Å²) < 4.78 is 6.48. The van der Waals surface area contributed by atoms with Crippen molar-refractivity contribution in [1.82, 2.24) is 14.8 Å². The molecule has 128 valence electrons. The van der Waals surface area contributed by atoms with Crippen LogP contribution in [0.2, 0.25) is 0 Å². The molecule has 3 aromatic rings. The number of amides is 1. The third-order valence-corrected chi connectivity index (χ3v) is 3.64. The number of esters is 1. The first-order valence-corrected chi connectivity index (χ1v) is 8.05. The van der Waals surface area contributed by atoms with Crippen molar-refractivity contribution in [3.8, 4) is 5.82 Å². The number of aromatic nitrogens is 3. The van der Waals surface area contributed by atoms with Gasteiger partial charge in [0.15, 0.2) is 11.6 Å². The minimum absolute atomic E-state index is 0.193. The normalized spacial score (nSPS) is 10.6. The maximum absolute atomic E-state index is 12.1. The highest BCUT2D eigenvalue weighted by Crippen LogP contribution is 2.22. The second-order valence-electron chi connectivity index (χ2n) is 5.30. The van der Waals surface area contributed by atoms with Crippen LogP contribution in [0.5, 0.6) is 0 Å². The summed E-state index contributed by atoms with van der Waals surface area (Å²) in [6, 6.07) is 11.4. The smallest absolute Gasteiger partial charge is 0.343 e. The van der Waals surface area contributed by atoms with Gasteiger partial charge >= 0.3 is 5.97 Å². The maximum Gasteiger partial charge on any atom is 0.343 e. The van der Waals surface area contributed by atoms with Gasteiger partial charge < -0.3 is 10.1 Å². The van der Waals surface area contributed by atoms with E-state index in [-0.39, 0.29) is 30.3 Å². The third-order valence-electron chi connectivity index (χ3n) is 3.64. The Morgan fingerprint density at radius 2 is 1.96 bits per heavy atom. The van der Waals surface area contributed by atoms with Gasteiger partial charge in [-0.1, -0.05) is 25.1 Å². The van der Waals surface area contributed by atoms with Crippen LogP contribution in [0.1, 0.15) is 30.6 Å². The number of carbonyl (C=O) groups is 2. The van der Waals surface area contributed by atoms with Crippen LogP contribution in [0.25, 0.3) is 16.7 Å². The van der Waals surface area contributed by atoms with Crippen molar-refractivity contribution >= 4 is 28.6 Å². The number of pyridine rings is 1. The van der Waals surface area contributed by atoms with Crippen LogP contribution in [-0.2, 0) is 9.53 Å². The van der Waals surface area contributed by atoms with Crippen molar-refractivity contribution in [3.05, 3.63) is 48.2 Å². The highest BCUT2D eigenvalue weighted by molar-refractivity contribution is 6.00. The van der Waals surface area contributed by atoms with E-state index in [1.165, 1.54) is 10.9 Å². The number of carbonyl (C=O) groups excluding carboxylic acids is 2. The second-order valence-corrected chi connectivity index (χ2v) is 5.30. The van der Waals surface area contributed by atoms with Crippen LogP contribution in [-0.4, -0.2) is 33.2 Å². The van der Waals surface area contributed by atoms with E-state index in [0.717, 1.165) is 10.9 Å². The highest BCUT2D eigenvalue weighted by Gasteiger charge is 2.21. The van der Waals surface area contributed by atoms with Crippen LogP contribution in [0.3, 0.4) is 0 Å². The summed E-state index contributed by atoms with van der Waals surface area (Å²) in [5.74, 6) is -0.0113. The first-order chi connectivity index (χ1) is 12.1. The van der Waals surface area contributed by atoms with Crippen molar-refractivity contribution in [3.63, 3.8) is 0 Å². The molecule has 0 aliphatic carbocycles. The number of benzene rings is 1. The van der Waals surface area contributed by atoms with E-state index in [4.69, 9.17) is 4.74 Å². The van der Waals surface area contributed by atoms with Crippen molar-refractivity contribution in [2.75, 3.05) is 11.9 Å². The molecule has 0 unspecified atom stereocenters. The van der Waals surface area contributed by atoms with E-state index < -0.39 is 5.97 Å². The number of ether oxygens (including phenoxy) is 1. The van der Waals surface area contributed by atoms with E-state index in [0.29, 0.717) is 5.82 Å². The Morgan fingerprint density at radius 3 is 2.72 bits per heavy atom. The zero-order chi connectivity index (χ0) is 17.8. The quantitative estimate of drug-likeness (QED) is 0.723. The Labute approximate surface area is 144 Å². The number of nitrogens with zero attached hydrogens (tertiary/aromatic N) is 3. The van der Waals surface area contributed by atoms with Gasteiger partial charge in [-0.2, -0.15) is 9.78 Å². The molecule has 0 radical (unpaired) electrons. The minimum Gasteiger partial charge on any atom is -0.462 e. The van der Waals surface area contributed by atoms with Crippen molar-refractivity contribution < 1.29 is 14.3 Å². The Balaban J connectivity index is 2.09. The summed E-state index contributed by atoms with van der Waals surface area (Å²) in [5, 5.41) is 7.93. The molecule has 0 fully saturated rings. The molecule has 0 saturated carbocycles. The van der Waals surface area contributed by atoms with Gasteiger partial charge in [-0.3, -0.25) is 4.79 Å². The summed E-state index contributed by atoms with van der Waals surface area (Å²) in [5.41, 5.74) is 0.986. The molecular formula is C18H18N4O3. The average Bonchev–Trinajstić information content (AvgIpc) is 3.05. The van der Waals surface area contributed by atoms with Crippen molar-refractivity contribution in [2.45, 2.75) is 20.3 Å². The number of fused-ring (bicyclic) bond motifs is 1. The summed E-state index contributed by atoms with van der Waals surface area (Å²) in [4.78, 5) is 28.6. The van der Waals surface area contributed by atoms with Gasteiger partial charge in [0.1, 0.15) is 5.56 Å². The van der Waals surface area contributed by atoms with Gasteiger partial charge in [-0.15, -0.1) is 0 Å². The van der Waals surface area contributed by atoms with Crippen LogP contribution in [0.15, 0.2) is 42.6 Å². The Morgan fingerprint density at radius 1 is 1.16 bits per heavy atom. The Bertz CT molecular complexity index is 933. The van der Waals surface area contributed by atoms with E-state index in [9.17, 15) is 9.59 Å². The molecule has 7 nitrogen and oxygen atoms in total. The van der Waals surface area contributed by atoms with Crippen molar-refractivity contribution in [2.24, 2.45) is 0 Å². The van der Waals surface area contributed by atoms with Crippen LogP contribution >= 0.6 is 0 Å². The lowest BCUT2D eigenvalue weighted by Gasteiger charge is -2.10. The molecule has 0 spiro atoms. The fourth-order valence-electron chi connectivity index (χ4n) is 2.39. The number of para-hydroxylation sites is 1. The fourth-order valence-corrected chi connectivity index (χ4v) is 2.39. The maximum atomic E-state index is 12.1. The molecule has 0 saturated heterocycles. The SMILES string of the molecule is CCOC(=O)c1cnn(-c2ccc3ccccc3n2)c1NC(=O)CC. The van der Waals surface area contributed by atoms with E-state index >= 15 is 0 Å². The summed E-state index contributed by atoms with van der Waals surface area (Å²) in [6.45, 7) is 3.69. The van der Waals surface area contributed by atoms with Gasteiger partial charge in [0, 0.05) is 11.8 Å². The van der Waals surface area contributed by atoms with Gasteiger partial charge in [0.25, 0.3) is 0 Å². The molecular weight excluding hydrogens is 320 g/mol. The molecule has 0 atom stereocenters. The van der Waals surface area contributed by atoms with Gasteiger partial charge in [-0.05, 0) is 25.1 Å². The molecule has 1 amide bonds. The lowest BCUT2D eigenvalue weighted by molar-refractivity contribution is -0.115. The van der Waals surface area contributed by atoms with Crippen LogP contribution < -0.4 is 5.32 Å². The van der Waals surface area contributed by atoms with Crippen molar-refractivity contribution in [1.29, 1.82) is 0 Å². The summed E-state index contributed by atoms with van der Waals surface area (Å²) in [7, 11) is 0. The van der Waals surface area contributed by atoms with E-state index in [1.54, 1.807) is 19.9 Å². The topological polar surface area (TPSA) is 86.1 Å². The summed E-state index contributed by atoms with van der Waals surface area (Å²) >= 11 is 0. The largest absolute Gasteiger partial charge is 0.462 e. The predicted molar refractivity (Wildman–Crippen MR) is 93.7 cm³/mol. The highest BCUT2D eigenvalue weighted by atomic mass is 16.5. The standard InChI is InChI=1S/C18H18N4O3/c1-3-16(23)21-17-13(18(24)25-4-2)11-19-22(17)15-10-9-12-7-5-6-8-14(12)20-15/h5-11H,3-4H2,1-2H3,(H,21,23). The molecule has 1 aromatic carbocycles. The lowest BCUT2D eigenvalue weighted by atomic mass is 10.2. The van der Waals surface area contributed by atoms with Gasteiger partial charge in [0.05, 0.1) is 18.3 Å². The number of hydrogen-bond donors (Lipinski definition) is 1. The molecule has 0 aliphatic heterocycles. The monoisotopic (exact) mass is 338 g/mol.